The van der Waals surface area contributed by atoms with Gasteiger partial charge in [-0.1, -0.05) is 11.6 Å². The van der Waals surface area contributed by atoms with Crippen molar-refractivity contribution in [3.05, 3.63) is 46.9 Å². The molecular formula is C12H9ClFNO2. The minimum atomic E-state index is -0.654. The zero-order valence-electron chi connectivity index (χ0n) is 8.95. The maximum absolute atomic E-state index is 13.4. The molecule has 0 unspecified atom stereocenters. The van der Waals surface area contributed by atoms with Crippen LogP contribution in [0.25, 0.3) is 0 Å². The fourth-order valence-electron chi connectivity index (χ4n) is 1.38. The Kier molecular flexibility index (Phi) is 3.15. The maximum Gasteiger partial charge on any atom is 0.255 e. The van der Waals surface area contributed by atoms with E-state index >= 15 is 0 Å². The zero-order chi connectivity index (χ0) is 12.4. The SMILES string of the molecule is Cc1cc(O)cc(Oc2ncc(Cl)cc2F)c1. The van der Waals surface area contributed by atoms with Crippen LogP contribution in [0.4, 0.5) is 4.39 Å². The number of phenols is 1. The number of benzene rings is 1. The summed E-state index contributed by atoms with van der Waals surface area (Å²) in [6.45, 7) is 1.79. The summed E-state index contributed by atoms with van der Waals surface area (Å²) in [5.41, 5.74) is 0.800. The molecule has 3 nitrogen and oxygen atoms in total. The van der Waals surface area contributed by atoms with E-state index in [1.54, 1.807) is 19.1 Å². The number of hydrogen-bond acceptors (Lipinski definition) is 3. The molecule has 1 N–H and O–H groups in total. The van der Waals surface area contributed by atoms with Crippen molar-refractivity contribution in [2.45, 2.75) is 6.92 Å². The highest BCUT2D eigenvalue weighted by atomic mass is 35.5. The second-order valence-corrected chi connectivity index (χ2v) is 3.98. The van der Waals surface area contributed by atoms with Gasteiger partial charge in [0.2, 0.25) is 0 Å². The van der Waals surface area contributed by atoms with Crippen LogP contribution in [-0.4, -0.2) is 10.1 Å². The molecule has 88 valence electrons. The summed E-state index contributed by atoms with van der Waals surface area (Å²) in [5.74, 6) is -0.469. The summed E-state index contributed by atoms with van der Waals surface area (Å²) >= 11 is 5.57. The number of pyridine rings is 1. The summed E-state index contributed by atoms with van der Waals surface area (Å²) in [6, 6.07) is 5.72. The average molecular weight is 254 g/mol. The Bertz CT molecular complexity index is 540. The molecule has 2 aromatic rings. The number of nitrogens with zero attached hydrogens (tertiary/aromatic N) is 1. The second kappa shape index (κ2) is 4.59. The van der Waals surface area contributed by atoms with Gasteiger partial charge in [-0.2, -0.15) is 0 Å². The first kappa shape index (κ1) is 11.7. The standard InChI is InChI=1S/C12H9ClFNO2/c1-7-2-9(16)5-10(3-7)17-12-11(14)4-8(13)6-15-12/h2-6,16H,1H3. The number of rotatable bonds is 2. The highest BCUT2D eigenvalue weighted by Gasteiger charge is 2.08. The number of ether oxygens (including phenoxy) is 1. The van der Waals surface area contributed by atoms with Crippen molar-refractivity contribution < 1.29 is 14.2 Å². The number of aryl methyl sites for hydroxylation is 1. The van der Waals surface area contributed by atoms with E-state index < -0.39 is 5.82 Å². The molecule has 0 aliphatic heterocycles. The molecule has 1 heterocycles. The van der Waals surface area contributed by atoms with E-state index in [1.165, 1.54) is 12.3 Å². The van der Waals surface area contributed by atoms with Crippen molar-refractivity contribution in [1.82, 2.24) is 4.98 Å². The van der Waals surface area contributed by atoms with Gasteiger partial charge in [-0.25, -0.2) is 9.37 Å². The van der Waals surface area contributed by atoms with Gasteiger partial charge in [-0.15, -0.1) is 0 Å². The van der Waals surface area contributed by atoms with Gasteiger partial charge in [0.25, 0.3) is 5.88 Å². The van der Waals surface area contributed by atoms with Gasteiger partial charge in [0.15, 0.2) is 5.82 Å². The number of hydrogen-bond donors (Lipinski definition) is 1. The van der Waals surface area contributed by atoms with Gasteiger partial charge >= 0.3 is 0 Å². The molecule has 1 aromatic heterocycles. The van der Waals surface area contributed by atoms with Crippen LogP contribution >= 0.6 is 11.6 Å². The van der Waals surface area contributed by atoms with E-state index in [0.717, 1.165) is 11.6 Å². The average Bonchev–Trinajstić information content (AvgIpc) is 2.21. The van der Waals surface area contributed by atoms with Crippen molar-refractivity contribution in [3.63, 3.8) is 0 Å². The van der Waals surface area contributed by atoms with Crippen LogP contribution in [0.2, 0.25) is 5.02 Å². The Morgan fingerprint density at radius 3 is 2.71 bits per heavy atom. The molecule has 0 saturated carbocycles. The third-order valence-electron chi connectivity index (χ3n) is 2.02. The van der Waals surface area contributed by atoms with Crippen LogP contribution in [0.1, 0.15) is 5.56 Å². The molecule has 0 radical (unpaired) electrons. The topological polar surface area (TPSA) is 42.4 Å². The highest BCUT2D eigenvalue weighted by Crippen LogP contribution is 2.27. The summed E-state index contributed by atoms with van der Waals surface area (Å²) < 4.78 is 18.6. The fourth-order valence-corrected chi connectivity index (χ4v) is 1.52. The van der Waals surface area contributed by atoms with Crippen LogP contribution < -0.4 is 4.74 Å². The molecule has 0 aliphatic rings. The lowest BCUT2D eigenvalue weighted by molar-refractivity contribution is 0.416. The number of aromatic nitrogens is 1. The molecule has 5 heteroatoms. The van der Waals surface area contributed by atoms with Crippen molar-refractivity contribution in [3.8, 4) is 17.4 Å². The van der Waals surface area contributed by atoms with E-state index in [-0.39, 0.29) is 16.7 Å². The first-order valence-corrected chi connectivity index (χ1v) is 5.22. The van der Waals surface area contributed by atoms with Crippen LogP contribution in [0.5, 0.6) is 17.4 Å². The second-order valence-electron chi connectivity index (χ2n) is 3.55. The third kappa shape index (κ3) is 2.85. The summed E-state index contributed by atoms with van der Waals surface area (Å²) in [7, 11) is 0. The van der Waals surface area contributed by atoms with Gasteiger partial charge in [-0.3, -0.25) is 0 Å². The normalized spacial score (nSPS) is 10.3. The molecule has 2 rings (SSSR count). The largest absolute Gasteiger partial charge is 0.508 e. The van der Waals surface area contributed by atoms with Crippen molar-refractivity contribution in [2.24, 2.45) is 0 Å². The minimum Gasteiger partial charge on any atom is -0.508 e. The Hall–Kier alpha value is -1.81. The molecule has 17 heavy (non-hydrogen) atoms. The molecular weight excluding hydrogens is 245 g/mol. The molecule has 0 atom stereocenters. The summed E-state index contributed by atoms with van der Waals surface area (Å²) in [5, 5.41) is 9.57. The molecule has 0 aliphatic carbocycles. The van der Waals surface area contributed by atoms with E-state index in [9.17, 15) is 9.50 Å². The van der Waals surface area contributed by atoms with Crippen LogP contribution in [-0.2, 0) is 0 Å². The molecule has 0 fully saturated rings. The first-order chi connectivity index (χ1) is 8.04. The third-order valence-corrected chi connectivity index (χ3v) is 2.23. The Morgan fingerprint density at radius 1 is 1.29 bits per heavy atom. The molecule has 0 amide bonds. The predicted molar refractivity (Wildman–Crippen MR) is 62.1 cm³/mol. The fraction of sp³-hybridized carbons (Fsp3) is 0.0833. The smallest absolute Gasteiger partial charge is 0.255 e. The van der Waals surface area contributed by atoms with Crippen LogP contribution in [0.3, 0.4) is 0 Å². The van der Waals surface area contributed by atoms with E-state index in [2.05, 4.69) is 4.98 Å². The number of aromatic hydroxyl groups is 1. The van der Waals surface area contributed by atoms with Gasteiger partial charge < -0.3 is 9.84 Å². The van der Waals surface area contributed by atoms with Gasteiger partial charge in [-0.05, 0) is 30.7 Å². The number of phenolic OH excluding ortho intramolecular Hbond substituents is 1. The summed E-state index contributed by atoms with van der Waals surface area (Å²) in [4.78, 5) is 3.72. The van der Waals surface area contributed by atoms with Crippen LogP contribution in [0, 0.1) is 12.7 Å². The van der Waals surface area contributed by atoms with E-state index in [1.807, 2.05) is 0 Å². The Morgan fingerprint density at radius 2 is 2.06 bits per heavy atom. The lowest BCUT2D eigenvalue weighted by atomic mass is 10.2. The predicted octanol–water partition coefficient (Wildman–Crippen LogP) is 3.68. The van der Waals surface area contributed by atoms with E-state index in [4.69, 9.17) is 16.3 Å². The molecule has 1 aromatic carbocycles. The molecule has 0 spiro atoms. The lowest BCUT2D eigenvalue weighted by Crippen LogP contribution is -1.92. The first-order valence-electron chi connectivity index (χ1n) is 4.84. The zero-order valence-corrected chi connectivity index (χ0v) is 9.70. The quantitative estimate of drug-likeness (QED) is 0.888. The number of halogens is 2. The van der Waals surface area contributed by atoms with Gasteiger partial charge in [0.05, 0.1) is 5.02 Å². The highest BCUT2D eigenvalue weighted by molar-refractivity contribution is 6.30. The van der Waals surface area contributed by atoms with Crippen molar-refractivity contribution >= 4 is 11.6 Å². The Balaban J connectivity index is 2.31. The van der Waals surface area contributed by atoms with Crippen LogP contribution in [0.15, 0.2) is 30.5 Å². The molecule has 0 saturated heterocycles. The monoisotopic (exact) mass is 253 g/mol. The molecule has 0 bridgehead atoms. The van der Waals surface area contributed by atoms with Crippen molar-refractivity contribution in [1.29, 1.82) is 0 Å². The minimum absolute atomic E-state index is 0.0503. The Labute approximate surface area is 102 Å². The van der Waals surface area contributed by atoms with Crippen molar-refractivity contribution in [2.75, 3.05) is 0 Å². The maximum atomic E-state index is 13.4. The van der Waals surface area contributed by atoms with Gasteiger partial charge in [0, 0.05) is 12.3 Å². The lowest BCUT2D eigenvalue weighted by Gasteiger charge is -2.07. The summed E-state index contributed by atoms with van der Waals surface area (Å²) in [6.07, 6.45) is 1.29. The van der Waals surface area contributed by atoms with Gasteiger partial charge in [0.1, 0.15) is 11.5 Å². The van der Waals surface area contributed by atoms with E-state index in [0.29, 0.717) is 5.75 Å².